The Hall–Kier alpha value is 0.310. The van der Waals surface area contributed by atoms with Crippen LogP contribution >= 0.6 is 11.8 Å². The second kappa shape index (κ2) is 2.67. The summed E-state index contributed by atoms with van der Waals surface area (Å²) in [5, 5.41) is 0. The summed E-state index contributed by atoms with van der Waals surface area (Å²) in [4.78, 5) is 0.222. The minimum absolute atomic E-state index is 0.222. The van der Waals surface area contributed by atoms with Crippen LogP contribution < -0.4 is 0 Å². The summed E-state index contributed by atoms with van der Waals surface area (Å²) in [7, 11) is 0. The van der Waals surface area contributed by atoms with Crippen molar-refractivity contribution < 1.29 is 4.74 Å². The average Bonchev–Trinajstić information content (AvgIpc) is 2.56. The van der Waals surface area contributed by atoms with E-state index < -0.39 is 0 Å². The quantitative estimate of drug-likeness (QED) is 0.555. The van der Waals surface area contributed by atoms with Crippen molar-refractivity contribution in [2.24, 2.45) is 11.8 Å². The van der Waals surface area contributed by atoms with Gasteiger partial charge in [-0.05, 0) is 24.7 Å². The number of thioether (sulfide) groups is 1. The third kappa shape index (κ3) is 1.03. The van der Waals surface area contributed by atoms with Crippen LogP contribution in [0.15, 0.2) is 0 Å². The van der Waals surface area contributed by atoms with Crippen LogP contribution in [0.1, 0.15) is 26.7 Å². The Balaban J connectivity index is 2.19. The van der Waals surface area contributed by atoms with E-state index in [4.69, 9.17) is 4.74 Å². The number of rotatable bonds is 0. The molecule has 1 saturated carbocycles. The van der Waals surface area contributed by atoms with Gasteiger partial charge in [-0.25, -0.2) is 0 Å². The lowest BCUT2D eigenvalue weighted by Crippen LogP contribution is -2.33. The zero-order chi connectivity index (χ0) is 7.90. The fraction of sp³-hybridized carbons (Fsp3) is 1.00. The molecule has 1 aliphatic carbocycles. The molecule has 2 unspecified atom stereocenters. The Morgan fingerprint density at radius 1 is 1.27 bits per heavy atom. The number of ether oxygens (including phenoxy) is 1. The van der Waals surface area contributed by atoms with Crippen molar-refractivity contribution in [1.82, 2.24) is 0 Å². The van der Waals surface area contributed by atoms with Gasteiger partial charge in [0.15, 0.2) is 0 Å². The van der Waals surface area contributed by atoms with E-state index in [2.05, 4.69) is 13.8 Å². The maximum absolute atomic E-state index is 5.89. The first-order valence-electron chi connectivity index (χ1n) is 4.53. The van der Waals surface area contributed by atoms with Crippen LogP contribution in [-0.4, -0.2) is 17.3 Å². The molecule has 0 radical (unpaired) electrons. The zero-order valence-corrected chi connectivity index (χ0v) is 8.12. The van der Waals surface area contributed by atoms with Crippen LogP contribution in [-0.2, 0) is 4.74 Å². The maximum atomic E-state index is 5.89. The van der Waals surface area contributed by atoms with Crippen LogP contribution in [0.4, 0.5) is 0 Å². The van der Waals surface area contributed by atoms with E-state index in [-0.39, 0.29) is 4.93 Å². The molecule has 1 saturated heterocycles. The van der Waals surface area contributed by atoms with E-state index >= 15 is 0 Å². The van der Waals surface area contributed by atoms with Gasteiger partial charge >= 0.3 is 0 Å². The molecule has 1 aliphatic heterocycles. The molecular formula is C9H16OS. The molecular weight excluding hydrogens is 156 g/mol. The first-order chi connectivity index (χ1) is 5.26. The molecule has 2 atom stereocenters. The van der Waals surface area contributed by atoms with Crippen molar-refractivity contribution in [3.05, 3.63) is 0 Å². The van der Waals surface area contributed by atoms with Gasteiger partial charge in [0, 0.05) is 5.75 Å². The second-order valence-electron chi connectivity index (χ2n) is 3.80. The lowest BCUT2D eigenvalue weighted by Gasteiger charge is -2.31. The van der Waals surface area contributed by atoms with Crippen LogP contribution in [0.25, 0.3) is 0 Å². The third-order valence-electron chi connectivity index (χ3n) is 3.15. The van der Waals surface area contributed by atoms with Crippen LogP contribution in [0.2, 0.25) is 0 Å². The largest absolute Gasteiger partial charge is 0.363 e. The minimum Gasteiger partial charge on any atom is -0.363 e. The molecule has 1 heterocycles. The van der Waals surface area contributed by atoms with E-state index in [9.17, 15) is 0 Å². The summed E-state index contributed by atoms with van der Waals surface area (Å²) in [6, 6.07) is 0. The highest BCUT2D eigenvalue weighted by Gasteiger charge is 2.49. The Labute approximate surface area is 72.9 Å². The van der Waals surface area contributed by atoms with Gasteiger partial charge in [0.25, 0.3) is 0 Å². The monoisotopic (exact) mass is 172 g/mol. The molecule has 1 nitrogen and oxygen atoms in total. The molecule has 11 heavy (non-hydrogen) atoms. The van der Waals surface area contributed by atoms with Gasteiger partial charge < -0.3 is 4.74 Å². The van der Waals surface area contributed by atoms with Gasteiger partial charge in [0.05, 0.1) is 6.61 Å². The van der Waals surface area contributed by atoms with Crippen molar-refractivity contribution >= 4 is 11.8 Å². The molecule has 0 aromatic heterocycles. The summed E-state index contributed by atoms with van der Waals surface area (Å²) in [5.41, 5.74) is 0. The van der Waals surface area contributed by atoms with Crippen molar-refractivity contribution in [3.8, 4) is 0 Å². The molecule has 0 amide bonds. The van der Waals surface area contributed by atoms with Crippen molar-refractivity contribution in [3.63, 3.8) is 0 Å². The van der Waals surface area contributed by atoms with Gasteiger partial charge in [0.2, 0.25) is 0 Å². The highest BCUT2D eigenvalue weighted by atomic mass is 32.2. The molecule has 2 rings (SSSR count). The Bertz CT molecular complexity index is 140. The molecule has 1 spiro atoms. The summed E-state index contributed by atoms with van der Waals surface area (Å²) in [6.07, 6.45) is 2.71. The number of hydrogen-bond donors (Lipinski definition) is 0. The van der Waals surface area contributed by atoms with Gasteiger partial charge in [-0.2, -0.15) is 0 Å². The molecule has 0 N–H and O–H groups in total. The van der Waals surface area contributed by atoms with Crippen LogP contribution in [0.5, 0.6) is 0 Å². The lowest BCUT2D eigenvalue weighted by atomic mass is 10.0. The normalized spacial score (nSPS) is 50.7. The van der Waals surface area contributed by atoms with E-state index in [0.717, 1.165) is 18.4 Å². The highest BCUT2D eigenvalue weighted by Crippen LogP contribution is 2.52. The molecule has 2 heteroatoms. The van der Waals surface area contributed by atoms with E-state index in [1.165, 1.54) is 18.6 Å². The summed E-state index contributed by atoms with van der Waals surface area (Å²) in [5.74, 6) is 2.74. The van der Waals surface area contributed by atoms with Crippen molar-refractivity contribution in [2.45, 2.75) is 31.6 Å². The molecule has 0 aromatic carbocycles. The van der Waals surface area contributed by atoms with Crippen molar-refractivity contribution in [2.75, 3.05) is 12.4 Å². The SMILES string of the molecule is CC1CCC(C)C12OCCS2. The van der Waals surface area contributed by atoms with E-state index in [1.807, 2.05) is 11.8 Å². The minimum atomic E-state index is 0.222. The molecule has 2 fully saturated rings. The predicted molar refractivity (Wildman–Crippen MR) is 48.7 cm³/mol. The first-order valence-corrected chi connectivity index (χ1v) is 5.52. The molecule has 64 valence electrons. The topological polar surface area (TPSA) is 9.23 Å². The highest BCUT2D eigenvalue weighted by molar-refractivity contribution is 8.00. The van der Waals surface area contributed by atoms with Crippen LogP contribution in [0.3, 0.4) is 0 Å². The van der Waals surface area contributed by atoms with Gasteiger partial charge in [-0.1, -0.05) is 13.8 Å². The third-order valence-corrected chi connectivity index (χ3v) is 4.89. The van der Waals surface area contributed by atoms with Crippen molar-refractivity contribution in [1.29, 1.82) is 0 Å². The van der Waals surface area contributed by atoms with E-state index in [1.54, 1.807) is 0 Å². The maximum Gasteiger partial charge on any atom is 0.118 e. The van der Waals surface area contributed by atoms with E-state index in [0.29, 0.717) is 0 Å². The fourth-order valence-electron chi connectivity index (χ4n) is 2.40. The fourth-order valence-corrected chi connectivity index (χ4v) is 3.86. The lowest BCUT2D eigenvalue weighted by molar-refractivity contribution is 0.00164. The Kier molecular flexibility index (Phi) is 1.92. The van der Waals surface area contributed by atoms with Gasteiger partial charge in [-0.15, -0.1) is 11.8 Å². The Morgan fingerprint density at radius 2 is 1.91 bits per heavy atom. The first kappa shape index (κ1) is 7.93. The summed E-state index contributed by atoms with van der Waals surface area (Å²) >= 11 is 2.05. The second-order valence-corrected chi connectivity index (χ2v) is 5.13. The van der Waals surface area contributed by atoms with Gasteiger partial charge in [0.1, 0.15) is 4.93 Å². The predicted octanol–water partition coefficient (Wildman–Crippen LogP) is 2.51. The zero-order valence-electron chi connectivity index (χ0n) is 7.30. The summed E-state index contributed by atoms with van der Waals surface area (Å²) < 4.78 is 5.89. The summed E-state index contributed by atoms with van der Waals surface area (Å²) in [6.45, 7) is 5.64. The molecule has 2 aliphatic rings. The smallest absolute Gasteiger partial charge is 0.118 e. The average molecular weight is 172 g/mol. The standard InChI is InChI=1S/C9H16OS/c1-7-3-4-8(2)9(7)10-5-6-11-9/h7-8H,3-6H2,1-2H3. The number of hydrogen-bond acceptors (Lipinski definition) is 2. The van der Waals surface area contributed by atoms with Gasteiger partial charge in [-0.3, -0.25) is 0 Å². The van der Waals surface area contributed by atoms with Crippen LogP contribution in [0, 0.1) is 11.8 Å². The molecule has 0 aromatic rings. The Morgan fingerprint density at radius 3 is 2.36 bits per heavy atom. The molecule has 0 bridgehead atoms.